The Balaban J connectivity index is 3.08. The minimum Gasteiger partial charge on any atom is -0.395 e. The Bertz CT molecular complexity index is 409. The van der Waals surface area contributed by atoms with Crippen molar-refractivity contribution in [2.45, 2.75) is 33.2 Å². The van der Waals surface area contributed by atoms with Crippen molar-refractivity contribution >= 4 is 5.69 Å². The van der Waals surface area contributed by atoms with Crippen LogP contribution in [0, 0.1) is 12.7 Å². The molecule has 0 amide bonds. The lowest BCUT2D eigenvalue weighted by Gasteiger charge is -2.26. The summed E-state index contributed by atoms with van der Waals surface area (Å²) < 4.78 is 13.8. The molecule has 3 nitrogen and oxygen atoms in total. The molecular formula is C15H25FN2O. The standard InChI is InChI=1S/C15H25FN2O/c1-5-6-17-12(3)13-10-14(16)11(2)9-15(13)18(4)7-8-19/h9-10,12,17,19H,5-8H2,1-4H3. The normalized spacial score (nSPS) is 12.5. The van der Waals surface area contributed by atoms with E-state index in [2.05, 4.69) is 12.2 Å². The molecule has 108 valence electrons. The highest BCUT2D eigenvalue weighted by Gasteiger charge is 2.15. The average Bonchev–Trinajstić information content (AvgIpc) is 2.38. The quantitative estimate of drug-likeness (QED) is 0.798. The molecule has 0 aliphatic rings. The number of halogens is 1. The van der Waals surface area contributed by atoms with Gasteiger partial charge in [0.05, 0.1) is 6.61 Å². The molecular weight excluding hydrogens is 243 g/mol. The number of aryl methyl sites for hydroxylation is 1. The van der Waals surface area contributed by atoms with Crippen LogP contribution in [-0.4, -0.2) is 31.9 Å². The van der Waals surface area contributed by atoms with E-state index in [-0.39, 0.29) is 18.5 Å². The summed E-state index contributed by atoms with van der Waals surface area (Å²) in [6.45, 7) is 7.44. The number of anilines is 1. The van der Waals surface area contributed by atoms with Gasteiger partial charge in [0.2, 0.25) is 0 Å². The average molecular weight is 268 g/mol. The number of aliphatic hydroxyl groups excluding tert-OH is 1. The summed E-state index contributed by atoms with van der Waals surface area (Å²) in [6.07, 6.45) is 1.04. The lowest BCUT2D eigenvalue weighted by atomic mass is 10.0. The van der Waals surface area contributed by atoms with Crippen LogP contribution in [0.1, 0.15) is 37.4 Å². The zero-order valence-corrected chi connectivity index (χ0v) is 12.3. The van der Waals surface area contributed by atoms with Crippen molar-refractivity contribution in [1.29, 1.82) is 0 Å². The van der Waals surface area contributed by atoms with Crippen LogP contribution in [0.25, 0.3) is 0 Å². The lowest BCUT2D eigenvalue weighted by Crippen LogP contribution is -2.26. The number of likely N-dealkylation sites (N-methyl/N-ethyl adjacent to an activating group) is 1. The van der Waals surface area contributed by atoms with Gasteiger partial charge in [-0.1, -0.05) is 6.92 Å². The largest absolute Gasteiger partial charge is 0.395 e. The third-order valence-electron chi connectivity index (χ3n) is 3.32. The number of aliphatic hydroxyl groups is 1. The Kier molecular flexibility index (Phi) is 6.25. The highest BCUT2D eigenvalue weighted by molar-refractivity contribution is 5.56. The second kappa shape index (κ2) is 7.46. The minimum absolute atomic E-state index is 0.0864. The highest BCUT2D eigenvalue weighted by atomic mass is 19.1. The SMILES string of the molecule is CCCNC(C)c1cc(F)c(C)cc1N(C)CCO. The molecule has 1 aromatic rings. The first-order valence-electron chi connectivity index (χ1n) is 6.86. The van der Waals surface area contributed by atoms with Crippen molar-refractivity contribution in [2.75, 3.05) is 31.6 Å². The molecule has 0 fully saturated rings. The van der Waals surface area contributed by atoms with E-state index in [1.54, 1.807) is 13.0 Å². The Labute approximate surface area is 115 Å². The second-order valence-corrected chi connectivity index (χ2v) is 4.98. The third-order valence-corrected chi connectivity index (χ3v) is 3.32. The summed E-state index contributed by atoms with van der Waals surface area (Å²) in [6, 6.07) is 3.54. The first-order chi connectivity index (χ1) is 9.01. The highest BCUT2D eigenvalue weighted by Crippen LogP contribution is 2.28. The fraction of sp³-hybridized carbons (Fsp3) is 0.600. The van der Waals surface area contributed by atoms with Crippen LogP contribution in [-0.2, 0) is 0 Å². The number of nitrogens with one attached hydrogen (secondary N) is 1. The fourth-order valence-corrected chi connectivity index (χ4v) is 2.10. The van der Waals surface area contributed by atoms with E-state index in [1.165, 1.54) is 0 Å². The van der Waals surface area contributed by atoms with E-state index in [1.807, 2.05) is 24.9 Å². The molecule has 0 saturated carbocycles. The first-order valence-corrected chi connectivity index (χ1v) is 6.86. The maximum atomic E-state index is 13.8. The maximum Gasteiger partial charge on any atom is 0.126 e. The van der Waals surface area contributed by atoms with E-state index in [0.29, 0.717) is 12.1 Å². The van der Waals surface area contributed by atoms with Crippen molar-refractivity contribution in [3.05, 3.63) is 29.1 Å². The number of nitrogens with zero attached hydrogens (tertiary/aromatic N) is 1. The summed E-state index contributed by atoms with van der Waals surface area (Å²) in [5, 5.41) is 12.4. The van der Waals surface area contributed by atoms with Crippen LogP contribution in [0.15, 0.2) is 12.1 Å². The Morgan fingerprint density at radius 3 is 2.68 bits per heavy atom. The van der Waals surface area contributed by atoms with Crippen molar-refractivity contribution in [1.82, 2.24) is 5.32 Å². The molecule has 1 unspecified atom stereocenters. The Hall–Kier alpha value is -1.13. The molecule has 19 heavy (non-hydrogen) atoms. The molecule has 0 aliphatic carbocycles. The van der Waals surface area contributed by atoms with Crippen LogP contribution in [0.2, 0.25) is 0 Å². The molecule has 0 bridgehead atoms. The smallest absolute Gasteiger partial charge is 0.126 e. The van der Waals surface area contributed by atoms with Crippen LogP contribution in [0.3, 0.4) is 0 Å². The Morgan fingerprint density at radius 2 is 2.11 bits per heavy atom. The topological polar surface area (TPSA) is 35.5 Å². The molecule has 0 spiro atoms. The van der Waals surface area contributed by atoms with Gasteiger partial charge in [-0.2, -0.15) is 0 Å². The molecule has 4 heteroatoms. The van der Waals surface area contributed by atoms with Gasteiger partial charge < -0.3 is 15.3 Å². The molecule has 0 radical (unpaired) electrons. The van der Waals surface area contributed by atoms with Gasteiger partial charge in [-0.05, 0) is 50.1 Å². The lowest BCUT2D eigenvalue weighted by molar-refractivity contribution is 0.304. The molecule has 0 aromatic heterocycles. The van der Waals surface area contributed by atoms with Crippen molar-refractivity contribution in [2.24, 2.45) is 0 Å². The summed E-state index contributed by atoms with van der Waals surface area (Å²) in [7, 11) is 1.92. The zero-order chi connectivity index (χ0) is 14.4. The predicted octanol–water partition coefficient (Wildman–Crippen LogP) is 2.62. The maximum absolute atomic E-state index is 13.8. The van der Waals surface area contributed by atoms with E-state index >= 15 is 0 Å². The second-order valence-electron chi connectivity index (χ2n) is 4.98. The molecule has 0 aliphatic heterocycles. The number of hydrogen-bond acceptors (Lipinski definition) is 3. The van der Waals surface area contributed by atoms with Gasteiger partial charge in [-0.25, -0.2) is 4.39 Å². The van der Waals surface area contributed by atoms with Crippen LogP contribution >= 0.6 is 0 Å². The monoisotopic (exact) mass is 268 g/mol. The van der Waals surface area contributed by atoms with Gasteiger partial charge in [-0.3, -0.25) is 0 Å². The summed E-state index contributed by atoms with van der Waals surface area (Å²) in [5.41, 5.74) is 2.54. The van der Waals surface area contributed by atoms with E-state index in [4.69, 9.17) is 5.11 Å². The van der Waals surface area contributed by atoms with E-state index < -0.39 is 0 Å². The third kappa shape index (κ3) is 4.18. The van der Waals surface area contributed by atoms with Gasteiger partial charge >= 0.3 is 0 Å². The number of rotatable bonds is 7. The van der Waals surface area contributed by atoms with Gasteiger partial charge in [0.25, 0.3) is 0 Å². The zero-order valence-electron chi connectivity index (χ0n) is 12.3. The van der Waals surface area contributed by atoms with Gasteiger partial charge in [0.1, 0.15) is 5.82 Å². The van der Waals surface area contributed by atoms with Crippen molar-refractivity contribution < 1.29 is 9.50 Å². The minimum atomic E-state index is -0.179. The van der Waals surface area contributed by atoms with Crippen molar-refractivity contribution in [3.63, 3.8) is 0 Å². The van der Waals surface area contributed by atoms with Crippen LogP contribution < -0.4 is 10.2 Å². The number of hydrogen-bond donors (Lipinski definition) is 2. The van der Waals surface area contributed by atoms with E-state index in [9.17, 15) is 4.39 Å². The fourth-order valence-electron chi connectivity index (χ4n) is 2.10. The number of benzene rings is 1. The Morgan fingerprint density at radius 1 is 1.42 bits per heavy atom. The molecule has 1 aromatic carbocycles. The van der Waals surface area contributed by atoms with Crippen molar-refractivity contribution in [3.8, 4) is 0 Å². The summed E-state index contributed by atoms with van der Waals surface area (Å²) in [4.78, 5) is 1.96. The molecule has 1 atom stereocenters. The van der Waals surface area contributed by atoms with Gasteiger partial charge in [-0.15, -0.1) is 0 Å². The molecule has 0 saturated heterocycles. The summed E-state index contributed by atoms with van der Waals surface area (Å²) in [5.74, 6) is -0.179. The molecule has 2 N–H and O–H groups in total. The van der Waals surface area contributed by atoms with E-state index in [0.717, 1.165) is 24.2 Å². The first kappa shape index (κ1) is 15.9. The van der Waals surface area contributed by atoms with Gasteiger partial charge in [0, 0.05) is 25.3 Å². The van der Waals surface area contributed by atoms with Gasteiger partial charge in [0.15, 0.2) is 0 Å². The molecule has 0 heterocycles. The predicted molar refractivity (Wildman–Crippen MR) is 78.2 cm³/mol. The molecule has 1 rings (SSSR count). The summed E-state index contributed by atoms with van der Waals surface area (Å²) >= 11 is 0. The van der Waals surface area contributed by atoms with Crippen LogP contribution in [0.5, 0.6) is 0 Å². The van der Waals surface area contributed by atoms with Crippen LogP contribution in [0.4, 0.5) is 10.1 Å².